The molecule has 0 aliphatic heterocycles. The van der Waals surface area contributed by atoms with Crippen LogP contribution in [-0.2, 0) is 4.79 Å². The Morgan fingerprint density at radius 2 is 2.00 bits per heavy atom. The van der Waals surface area contributed by atoms with Crippen LogP contribution >= 0.6 is 11.8 Å². The Balaban J connectivity index is 2.89. The highest BCUT2D eigenvalue weighted by molar-refractivity contribution is 8.00. The van der Waals surface area contributed by atoms with E-state index in [1.54, 1.807) is 7.11 Å². The molecule has 88 valence electrons. The topological polar surface area (TPSA) is 46.5 Å². The molecule has 16 heavy (non-hydrogen) atoms. The van der Waals surface area contributed by atoms with Crippen LogP contribution in [0.15, 0.2) is 29.2 Å². The maximum absolute atomic E-state index is 11.1. The van der Waals surface area contributed by atoms with Crippen molar-refractivity contribution in [3.05, 3.63) is 24.3 Å². The first-order chi connectivity index (χ1) is 7.56. The standard InChI is InChI=1S/C12H16O3S/c1-8(2)11(12(13)14)16-10-7-5-4-6-9(10)15-3/h4-8,11H,1-3H3,(H,13,14). The molecule has 3 nitrogen and oxygen atoms in total. The second-order valence-electron chi connectivity index (χ2n) is 3.77. The van der Waals surface area contributed by atoms with Gasteiger partial charge in [-0.05, 0) is 18.1 Å². The van der Waals surface area contributed by atoms with Crippen molar-refractivity contribution in [2.75, 3.05) is 7.11 Å². The Hall–Kier alpha value is -1.16. The van der Waals surface area contributed by atoms with Crippen LogP contribution in [0.25, 0.3) is 0 Å². The van der Waals surface area contributed by atoms with Crippen LogP contribution in [0.3, 0.4) is 0 Å². The molecule has 0 spiro atoms. The van der Waals surface area contributed by atoms with E-state index in [0.29, 0.717) is 0 Å². The molecule has 1 unspecified atom stereocenters. The summed E-state index contributed by atoms with van der Waals surface area (Å²) >= 11 is 1.33. The number of carbonyl (C=O) groups is 1. The smallest absolute Gasteiger partial charge is 0.317 e. The first-order valence-corrected chi connectivity index (χ1v) is 5.96. The summed E-state index contributed by atoms with van der Waals surface area (Å²) in [7, 11) is 1.59. The summed E-state index contributed by atoms with van der Waals surface area (Å²) in [6.45, 7) is 3.81. The van der Waals surface area contributed by atoms with Crippen molar-refractivity contribution in [3.8, 4) is 5.75 Å². The Morgan fingerprint density at radius 3 is 2.50 bits per heavy atom. The van der Waals surface area contributed by atoms with E-state index >= 15 is 0 Å². The van der Waals surface area contributed by atoms with E-state index in [9.17, 15) is 4.79 Å². The molecule has 1 N–H and O–H groups in total. The molecule has 0 aromatic heterocycles. The quantitative estimate of drug-likeness (QED) is 0.804. The van der Waals surface area contributed by atoms with Crippen molar-refractivity contribution in [3.63, 3.8) is 0 Å². The average molecular weight is 240 g/mol. The van der Waals surface area contributed by atoms with Gasteiger partial charge in [0.05, 0.1) is 12.0 Å². The van der Waals surface area contributed by atoms with Gasteiger partial charge in [-0.2, -0.15) is 0 Å². The Labute approximate surface area is 99.8 Å². The molecule has 0 bridgehead atoms. The number of rotatable bonds is 5. The van der Waals surface area contributed by atoms with E-state index < -0.39 is 11.2 Å². The molecule has 1 aromatic carbocycles. The minimum atomic E-state index is -0.786. The molecule has 0 heterocycles. The van der Waals surface area contributed by atoms with Gasteiger partial charge in [-0.15, -0.1) is 11.8 Å². The number of methoxy groups -OCH3 is 1. The predicted octanol–water partition coefficient (Wildman–Crippen LogP) is 2.90. The summed E-state index contributed by atoms with van der Waals surface area (Å²) in [4.78, 5) is 12.0. The van der Waals surface area contributed by atoms with Crippen LogP contribution in [-0.4, -0.2) is 23.4 Å². The molecule has 0 saturated heterocycles. The van der Waals surface area contributed by atoms with Crippen LogP contribution < -0.4 is 4.74 Å². The first-order valence-electron chi connectivity index (χ1n) is 5.08. The molecule has 1 aromatic rings. The maximum atomic E-state index is 11.1. The number of hydrogen-bond acceptors (Lipinski definition) is 3. The number of carboxylic acid groups (broad SMARTS) is 1. The fourth-order valence-corrected chi connectivity index (χ4v) is 2.40. The lowest BCUT2D eigenvalue weighted by atomic mass is 10.1. The molecular formula is C12H16O3S. The Morgan fingerprint density at radius 1 is 1.38 bits per heavy atom. The van der Waals surface area contributed by atoms with Gasteiger partial charge in [0.1, 0.15) is 11.0 Å². The second kappa shape index (κ2) is 5.80. The molecular weight excluding hydrogens is 224 g/mol. The van der Waals surface area contributed by atoms with Gasteiger partial charge in [-0.25, -0.2) is 0 Å². The molecule has 1 rings (SSSR count). The Bertz CT molecular complexity index is 363. The Kier molecular flexibility index (Phi) is 4.68. The lowest BCUT2D eigenvalue weighted by Crippen LogP contribution is -2.22. The van der Waals surface area contributed by atoms with Gasteiger partial charge >= 0.3 is 5.97 Å². The van der Waals surface area contributed by atoms with Gasteiger partial charge < -0.3 is 9.84 Å². The highest BCUT2D eigenvalue weighted by Crippen LogP contribution is 2.34. The number of para-hydroxylation sites is 1. The zero-order chi connectivity index (χ0) is 12.1. The molecule has 0 amide bonds. The maximum Gasteiger partial charge on any atom is 0.317 e. The number of hydrogen-bond donors (Lipinski definition) is 1. The number of ether oxygens (including phenoxy) is 1. The zero-order valence-electron chi connectivity index (χ0n) is 9.64. The molecule has 1 atom stereocenters. The summed E-state index contributed by atoms with van der Waals surface area (Å²) in [5.41, 5.74) is 0. The van der Waals surface area contributed by atoms with E-state index in [0.717, 1.165) is 10.6 Å². The lowest BCUT2D eigenvalue weighted by molar-refractivity contribution is -0.137. The van der Waals surface area contributed by atoms with Crippen molar-refractivity contribution in [2.24, 2.45) is 5.92 Å². The zero-order valence-corrected chi connectivity index (χ0v) is 10.5. The van der Waals surface area contributed by atoms with E-state index in [1.807, 2.05) is 38.1 Å². The largest absolute Gasteiger partial charge is 0.496 e. The van der Waals surface area contributed by atoms with Gasteiger partial charge in [0.15, 0.2) is 0 Å². The van der Waals surface area contributed by atoms with E-state index in [1.165, 1.54) is 11.8 Å². The van der Waals surface area contributed by atoms with Gasteiger partial charge in [-0.3, -0.25) is 4.79 Å². The fraction of sp³-hybridized carbons (Fsp3) is 0.417. The van der Waals surface area contributed by atoms with Crippen molar-refractivity contribution in [2.45, 2.75) is 24.0 Å². The molecule has 4 heteroatoms. The van der Waals surface area contributed by atoms with Gasteiger partial charge in [-0.1, -0.05) is 26.0 Å². The highest BCUT2D eigenvalue weighted by Gasteiger charge is 2.23. The monoisotopic (exact) mass is 240 g/mol. The van der Waals surface area contributed by atoms with E-state index in [-0.39, 0.29) is 5.92 Å². The van der Waals surface area contributed by atoms with Gasteiger partial charge in [0, 0.05) is 0 Å². The fourth-order valence-electron chi connectivity index (χ4n) is 1.32. The normalized spacial score (nSPS) is 12.5. The van der Waals surface area contributed by atoms with Crippen molar-refractivity contribution >= 4 is 17.7 Å². The minimum Gasteiger partial charge on any atom is -0.496 e. The van der Waals surface area contributed by atoms with Gasteiger partial charge in [0.25, 0.3) is 0 Å². The molecule has 0 fully saturated rings. The van der Waals surface area contributed by atoms with E-state index in [2.05, 4.69) is 0 Å². The van der Waals surface area contributed by atoms with Crippen molar-refractivity contribution < 1.29 is 14.6 Å². The number of aliphatic carboxylic acids is 1. The summed E-state index contributed by atoms with van der Waals surface area (Å²) < 4.78 is 5.19. The number of carboxylic acids is 1. The summed E-state index contributed by atoms with van der Waals surface area (Å²) in [5.74, 6) is 0.0118. The average Bonchev–Trinajstić information content (AvgIpc) is 2.25. The van der Waals surface area contributed by atoms with Crippen LogP contribution in [0.1, 0.15) is 13.8 Å². The van der Waals surface area contributed by atoms with Gasteiger partial charge in [0.2, 0.25) is 0 Å². The molecule has 0 aliphatic carbocycles. The molecule has 0 aliphatic rings. The molecule has 0 radical (unpaired) electrons. The summed E-state index contributed by atoms with van der Waals surface area (Å²) in [6, 6.07) is 7.46. The summed E-state index contributed by atoms with van der Waals surface area (Å²) in [5, 5.41) is 8.66. The predicted molar refractivity (Wildman–Crippen MR) is 65.1 cm³/mol. The van der Waals surface area contributed by atoms with Crippen LogP contribution in [0, 0.1) is 5.92 Å². The van der Waals surface area contributed by atoms with Crippen molar-refractivity contribution in [1.82, 2.24) is 0 Å². The third kappa shape index (κ3) is 3.17. The third-order valence-electron chi connectivity index (χ3n) is 2.17. The SMILES string of the molecule is COc1ccccc1SC(C(=O)O)C(C)C. The number of benzene rings is 1. The lowest BCUT2D eigenvalue weighted by Gasteiger charge is -2.17. The van der Waals surface area contributed by atoms with Crippen LogP contribution in [0.5, 0.6) is 5.75 Å². The second-order valence-corrected chi connectivity index (χ2v) is 4.95. The van der Waals surface area contributed by atoms with Crippen LogP contribution in [0.2, 0.25) is 0 Å². The first kappa shape index (κ1) is 12.9. The van der Waals surface area contributed by atoms with E-state index in [4.69, 9.17) is 9.84 Å². The molecule has 0 saturated carbocycles. The minimum absolute atomic E-state index is 0.0763. The third-order valence-corrected chi connectivity index (χ3v) is 3.76. The summed E-state index contributed by atoms with van der Waals surface area (Å²) in [6.07, 6.45) is 0. The highest BCUT2D eigenvalue weighted by atomic mass is 32.2. The van der Waals surface area contributed by atoms with Crippen molar-refractivity contribution in [1.29, 1.82) is 0 Å². The van der Waals surface area contributed by atoms with Crippen LogP contribution in [0.4, 0.5) is 0 Å². The number of thioether (sulfide) groups is 1.